The van der Waals surface area contributed by atoms with Gasteiger partial charge in [-0.05, 0) is 49.1 Å². The molecule has 0 unspecified atom stereocenters. The monoisotopic (exact) mass is 411 g/mol. The number of nitrogens with one attached hydrogen (secondary N) is 1. The maximum Gasteiger partial charge on any atom is 0.253 e. The Kier molecular flexibility index (Phi) is 7.30. The van der Waals surface area contributed by atoms with Crippen LogP contribution in [0.25, 0.3) is 0 Å². The van der Waals surface area contributed by atoms with Gasteiger partial charge in [0.1, 0.15) is 0 Å². The van der Waals surface area contributed by atoms with Crippen molar-refractivity contribution in [1.82, 2.24) is 10.2 Å². The van der Waals surface area contributed by atoms with Gasteiger partial charge in [0.25, 0.3) is 11.8 Å². The summed E-state index contributed by atoms with van der Waals surface area (Å²) < 4.78 is 0. The quantitative estimate of drug-likeness (QED) is 0.685. The number of carbonyl (C=O) groups excluding carboxylic acids is 3. The van der Waals surface area contributed by atoms with Gasteiger partial charge in [-0.3, -0.25) is 14.4 Å². The van der Waals surface area contributed by atoms with E-state index < -0.39 is 5.91 Å². The number of nitrogens with zero attached hydrogens (tertiary/aromatic N) is 1. The van der Waals surface area contributed by atoms with Crippen molar-refractivity contribution in [3.05, 3.63) is 65.2 Å². The molecule has 29 heavy (non-hydrogen) atoms. The van der Waals surface area contributed by atoms with Crippen LogP contribution in [0.3, 0.4) is 0 Å². The fourth-order valence-corrected chi connectivity index (χ4v) is 4.09. The van der Waals surface area contributed by atoms with Crippen molar-refractivity contribution in [2.24, 2.45) is 5.73 Å². The molecule has 0 spiro atoms. The number of hydrogen-bond acceptors (Lipinski definition) is 4. The first kappa shape index (κ1) is 20.9. The van der Waals surface area contributed by atoms with E-state index in [2.05, 4.69) is 5.32 Å². The van der Waals surface area contributed by atoms with Gasteiger partial charge in [-0.1, -0.05) is 24.3 Å². The number of likely N-dealkylation sites (tertiary alicyclic amines) is 1. The molecule has 2 aromatic rings. The summed E-state index contributed by atoms with van der Waals surface area (Å²) in [6.45, 7) is 1.92. The van der Waals surface area contributed by atoms with Gasteiger partial charge in [0, 0.05) is 30.1 Å². The van der Waals surface area contributed by atoms with Gasteiger partial charge in [0.2, 0.25) is 5.91 Å². The highest BCUT2D eigenvalue weighted by Crippen LogP contribution is 2.22. The zero-order valence-corrected chi connectivity index (χ0v) is 17.0. The molecule has 0 saturated carbocycles. The smallest absolute Gasteiger partial charge is 0.253 e. The summed E-state index contributed by atoms with van der Waals surface area (Å²) in [4.78, 5) is 39.0. The molecule has 6 nitrogen and oxygen atoms in total. The van der Waals surface area contributed by atoms with Crippen molar-refractivity contribution in [3.8, 4) is 0 Å². The van der Waals surface area contributed by atoms with Crippen molar-refractivity contribution < 1.29 is 14.4 Å². The maximum atomic E-state index is 12.7. The molecule has 1 saturated heterocycles. The zero-order valence-electron chi connectivity index (χ0n) is 16.2. The van der Waals surface area contributed by atoms with Crippen molar-refractivity contribution >= 4 is 29.5 Å². The van der Waals surface area contributed by atoms with Crippen LogP contribution in [-0.2, 0) is 11.3 Å². The molecule has 0 atom stereocenters. The minimum Gasteiger partial charge on any atom is -0.369 e. The van der Waals surface area contributed by atoms with E-state index in [9.17, 15) is 14.4 Å². The third-order valence-corrected chi connectivity index (χ3v) is 5.87. The molecular weight excluding hydrogens is 386 g/mol. The first-order valence-corrected chi connectivity index (χ1v) is 10.7. The third-order valence-electron chi connectivity index (χ3n) is 4.77. The van der Waals surface area contributed by atoms with Crippen molar-refractivity contribution in [3.63, 3.8) is 0 Å². The largest absolute Gasteiger partial charge is 0.369 e. The zero-order chi connectivity index (χ0) is 20.6. The lowest BCUT2D eigenvalue weighted by molar-refractivity contribution is -0.115. The van der Waals surface area contributed by atoms with Crippen LogP contribution in [0.4, 0.5) is 0 Å². The van der Waals surface area contributed by atoms with Crippen molar-refractivity contribution in [2.45, 2.75) is 30.7 Å². The number of nitrogens with two attached hydrogens (primary N) is 1. The summed E-state index contributed by atoms with van der Waals surface area (Å²) in [5.74, 6) is -0.498. The van der Waals surface area contributed by atoms with Crippen LogP contribution in [0.1, 0.15) is 45.5 Å². The van der Waals surface area contributed by atoms with E-state index in [1.807, 2.05) is 35.2 Å². The second kappa shape index (κ2) is 10.1. The number of hydrogen-bond donors (Lipinski definition) is 2. The first-order valence-electron chi connectivity index (χ1n) is 9.71. The molecule has 7 heteroatoms. The van der Waals surface area contributed by atoms with Crippen LogP contribution in [0.15, 0.2) is 53.4 Å². The van der Waals surface area contributed by atoms with Gasteiger partial charge in [-0.2, -0.15) is 0 Å². The van der Waals surface area contributed by atoms with E-state index in [1.54, 1.807) is 18.2 Å². The van der Waals surface area contributed by atoms with Crippen LogP contribution in [0, 0.1) is 0 Å². The average Bonchev–Trinajstić information content (AvgIpc) is 2.76. The number of amides is 3. The van der Waals surface area contributed by atoms with E-state index in [4.69, 9.17) is 5.73 Å². The lowest BCUT2D eigenvalue weighted by Gasteiger charge is -2.26. The second-order valence-electron chi connectivity index (χ2n) is 6.99. The molecule has 1 aliphatic heterocycles. The highest BCUT2D eigenvalue weighted by molar-refractivity contribution is 8.00. The van der Waals surface area contributed by atoms with Crippen LogP contribution in [0.5, 0.6) is 0 Å². The van der Waals surface area contributed by atoms with E-state index in [1.165, 1.54) is 18.2 Å². The molecular formula is C22H25N3O3S. The van der Waals surface area contributed by atoms with E-state index in [0.717, 1.165) is 31.5 Å². The molecule has 0 bridgehead atoms. The molecule has 1 heterocycles. The SMILES string of the molecule is NC(=O)CSc1ccccc1C(=O)NCc1cccc(C(=O)N2CCCCC2)c1. The highest BCUT2D eigenvalue weighted by atomic mass is 32.2. The molecule has 1 fully saturated rings. The predicted molar refractivity (Wildman–Crippen MR) is 114 cm³/mol. The third kappa shape index (κ3) is 5.84. The number of benzene rings is 2. The molecule has 0 aromatic heterocycles. The van der Waals surface area contributed by atoms with Crippen LogP contribution < -0.4 is 11.1 Å². The summed E-state index contributed by atoms with van der Waals surface area (Å²) in [6, 6.07) is 14.5. The Morgan fingerprint density at radius 1 is 1.00 bits per heavy atom. The fourth-order valence-electron chi connectivity index (χ4n) is 3.30. The van der Waals surface area contributed by atoms with Crippen LogP contribution >= 0.6 is 11.8 Å². The van der Waals surface area contributed by atoms with Gasteiger partial charge in [0.05, 0.1) is 11.3 Å². The highest BCUT2D eigenvalue weighted by Gasteiger charge is 2.18. The Morgan fingerprint density at radius 3 is 2.52 bits per heavy atom. The Hall–Kier alpha value is -2.80. The summed E-state index contributed by atoms with van der Waals surface area (Å²) in [5, 5.41) is 2.90. The minimum atomic E-state index is -0.430. The number of thioether (sulfide) groups is 1. The Balaban J connectivity index is 1.64. The number of carbonyl (C=O) groups is 3. The number of primary amides is 1. The maximum absolute atomic E-state index is 12.7. The lowest BCUT2D eigenvalue weighted by atomic mass is 10.1. The van der Waals surface area contributed by atoms with E-state index >= 15 is 0 Å². The Labute approximate surface area is 174 Å². The van der Waals surface area contributed by atoms with Gasteiger partial charge in [-0.25, -0.2) is 0 Å². The molecule has 152 valence electrons. The Morgan fingerprint density at radius 2 is 1.76 bits per heavy atom. The number of piperidine rings is 1. The topological polar surface area (TPSA) is 92.5 Å². The average molecular weight is 412 g/mol. The standard InChI is InChI=1S/C22H25N3O3S/c23-20(26)15-29-19-10-3-2-9-18(19)21(27)24-14-16-7-6-8-17(13-16)22(28)25-11-4-1-5-12-25/h2-3,6-10,13H,1,4-5,11-12,14-15H2,(H2,23,26)(H,24,27). The molecule has 1 aliphatic rings. The molecule has 3 rings (SSSR count). The van der Waals surface area contributed by atoms with Gasteiger partial charge in [0.15, 0.2) is 0 Å². The summed E-state index contributed by atoms with van der Waals surface area (Å²) >= 11 is 1.24. The first-order chi connectivity index (χ1) is 14.0. The second-order valence-corrected chi connectivity index (χ2v) is 8.00. The molecule has 0 aliphatic carbocycles. The molecule has 2 aromatic carbocycles. The predicted octanol–water partition coefficient (Wildman–Crippen LogP) is 2.82. The lowest BCUT2D eigenvalue weighted by Crippen LogP contribution is -2.35. The fraction of sp³-hybridized carbons (Fsp3) is 0.318. The Bertz CT molecular complexity index is 894. The van der Waals surface area contributed by atoms with Gasteiger partial charge in [-0.15, -0.1) is 11.8 Å². The molecule has 3 amide bonds. The minimum absolute atomic E-state index is 0.0473. The van der Waals surface area contributed by atoms with Crippen molar-refractivity contribution in [1.29, 1.82) is 0 Å². The van der Waals surface area contributed by atoms with E-state index in [0.29, 0.717) is 22.6 Å². The van der Waals surface area contributed by atoms with Gasteiger partial charge < -0.3 is 16.0 Å². The van der Waals surface area contributed by atoms with Crippen LogP contribution in [0.2, 0.25) is 0 Å². The number of rotatable bonds is 7. The normalized spacial score (nSPS) is 13.7. The summed E-state index contributed by atoms with van der Waals surface area (Å²) in [6.07, 6.45) is 3.28. The van der Waals surface area contributed by atoms with Crippen LogP contribution in [-0.4, -0.2) is 41.5 Å². The summed E-state index contributed by atoms with van der Waals surface area (Å²) in [5.41, 5.74) is 7.22. The van der Waals surface area contributed by atoms with Gasteiger partial charge >= 0.3 is 0 Å². The van der Waals surface area contributed by atoms with E-state index in [-0.39, 0.29) is 17.6 Å². The van der Waals surface area contributed by atoms with Crippen molar-refractivity contribution in [2.75, 3.05) is 18.8 Å². The summed E-state index contributed by atoms with van der Waals surface area (Å²) in [7, 11) is 0. The molecule has 0 radical (unpaired) electrons. The molecule has 3 N–H and O–H groups in total.